The minimum absolute atomic E-state index is 0. The van der Waals surface area contributed by atoms with Gasteiger partial charge in [-0.05, 0) is 45.0 Å². The zero-order valence-electron chi connectivity index (χ0n) is 15.5. The Morgan fingerprint density at radius 2 is 1.83 bits per heavy atom. The Bertz CT molecular complexity index is 466. The predicted octanol–water partition coefficient (Wildman–Crippen LogP) is 2.85. The van der Waals surface area contributed by atoms with Gasteiger partial charge in [-0.25, -0.2) is 0 Å². The maximum atomic E-state index is 5.34. The van der Waals surface area contributed by atoms with Gasteiger partial charge in [0.15, 0.2) is 5.96 Å². The SMILES string of the molecule is CCOCCCCNC(=NC)NCc1ccccc1CN(C)C.I. The van der Waals surface area contributed by atoms with Crippen molar-refractivity contribution in [3.63, 3.8) is 0 Å². The molecule has 1 aromatic rings. The summed E-state index contributed by atoms with van der Waals surface area (Å²) in [6.45, 7) is 6.29. The third-order valence-corrected chi connectivity index (χ3v) is 3.49. The molecule has 0 unspecified atom stereocenters. The fourth-order valence-electron chi connectivity index (χ4n) is 2.30. The zero-order valence-corrected chi connectivity index (χ0v) is 17.8. The van der Waals surface area contributed by atoms with Crippen molar-refractivity contribution >= 4 is 29.9 Å². The summed E-state index contributed by atoms with van der Waals surface area (Å²) in [5, 5.41) is 6.74. The van der Waals surface area contributed by atoms with Gasteiger partial charge in [-0.2, -0.15) is 0 Å². The summed E-state index contributed by atoms with van der Waals surface area (Å²) in [7, 11) is 5.99. The van der Waals surface area contributed by atoms with Crippen LogP contribution in [0.15, 0.2) is 29.3 Å². The van der Waals surface area contributed by atoms with E-state index in [2.05, 4.69) is 58.9 Å². The van der Waals surface area contributed by atoms with Gasteiger partial charge in [0.2, 0.25) is 0 Å². The standard InChI is InChI=1S/C18H32N4O.HI/c1-5-23-13-9-8-12-20-18(19-2)21-14-16-10-6-7-11-17(16)15-22(3)4;/h6-7,10-11H,5,8-9,12-15H2,1-4H3,(H2,19,20,21);1H. The lowest BCUT2D eigenvalue weighted by Crippen LogP contribution is -2.37. The molecule has 5 nitrogen and oxygen atoms in total. The maximum Gasteiger partial charge on any atom is 0.191 e. The molecule has 0 saturated carbocycles. The van der Waals surface area contributed by atoms with Crippen LogP contribution in [0.3, 0.4) is 0 Å². The molecule has 0 radical (unpaired) electrons. The van der Waals surface area contributed by atoms with Gasteiger partial charge in [0.05, 0.1) is 0 Å². The quantitative estimate of drug-likeness (QED) is 0.250. The summed E-state index contributed by atoms with van der Waals surface area (Å²) < 4.78 is 5.34. The van der Waals surface area contributed by atoms with Crippen LogP contribution in [0.1, 0.15) is 30.9 Å². The number of benzene rings is 1. The Morgan fingerprint density at radius 3 is 2.46 bits per heavy atom. The molecule has 2 N–H and O–H groups in total. The van der Waals surface area contributed by atoms with E-state index in [-0.39, 0.29) is 24.0 Å². The van der Waals surface area contributed by atoms with E-state index in [1.807, 2.05) is 6.92 Å². The molecule has 0 atom stereocenters. The number of nitrogens with zero attached hydrogens (tertiary/aromatic N) is 2. The van der Waals surface area contributed by atoms with Crippen molar-refractivity contribution in [2.24, 2.45) is 4.99 Å². The second-order valence-corrected chi connectivity index (χ2v) is 5.76. The third-order valence-electron chi connectivity index (χ3n) is 3.49. The number of unbranched alkanes of at least 4 members (excludes halogenated alkanes) is 1. The highest BCUT2D eigenvalue weighted by Crippen LogP contribution is 2.10. The van der Waals surface area contributed by atoms with Crippen molar-refractivity contribution in [1.29, 1.82) is 0 Å². The molecule has 1 aromatic carbocycles. The molecule has 0 aliphatic carbocycles. The molecule has 0 aliphatic heterocycles. The van der Waals surface area contributed by atoms with Crippen LogP contribution in [0.5, 0.6) is 0 Å². The van der Waals surface area contributed by atoms with Crippen LogP contribution in [-0.2, 0) is 17.8 Å². The van der Waals surface area contributed by atoms with Gasteiger partial charge in [0.25, 0.3) is 0 Å². The molecule has 24 heavy (non-hydrogen) atoms. The van der Waals surface area contributed by atoms with E-state index in [1.54, 1.807) is 7.05 Å². The van der Waals surface area contributed by atoms with Crippen molar-refractivity contribution in [2.75, 3.05) is 40.9 Å². The van der Waals surface area contributed by atoms with Crippen molar-refractivity contribution in [1.82, 2.24) is 15.5 Å². The second-order valence-electron chi connectivity index (χ2n) is 5.76. The van der Waals surface area contributed by atoms with Crippen molar-refractivity contribution in [3.8, 4) is 0 Å². The largest absolute Gasteiger partial charge is 0.382 e. The summed E-state index contributed by atoms with van der Waals surface area (Å²) in [6, 6.07) is 8.52. The normalized spacial score (nSPS) is 11.3. The Labute approximate surface area is 164 Å². The number of hydrogen-bond donors (Lipinski definition) is 2. The first-order valence-corrected chi connectivity index (χ1v) is 8.41. The molecule has 0 spiro atoms. The number of rotatable bonds is 10. The second kappa shape index (κ2) is 14.5. The van der Waals surface area contributed by atoms with Crippen molar-refractivity contribution in [2.45, 2.75) is 32.9 Å². The van der Waals surface area contributed by atoms with Crippen LogP contribution in [0.25, 0.3) is 0 Å². The number of nitrogens with one attached hydrogen (secondary N) is 2. The molecule has 0 bridgehead atoms. The Balaban J connectivity index is 0.00000529. The molecule has 1 rings (SSSR count). The molecular formula is C18H33IN4O. The van der Waals surface area contributed by atoms with E-state index >= 15 is 0 Å². The number of ether oxygens (including phenoxy) is 1. The maximum absolute atomic E-state index is 5.34. The topological polar surface area (TPSA) is 48.9 Å². The molecule has 0 amide bonds. The summed E-state index contributed by atoms with van der Waals surface area (Å²) in [5.74, 6) is 0.848. The minimum Gasteiger partial charge on any atom is -0.382 e. The molecule has 0 saturated heterocycles. The third kappa shape index (κ3) is 10.1. The fourth-order valence-corrected chi connectivity index (χ4v) is 2.30. The van der Waals surface area contributed by atoms with E-state index in [0.29, 0.717) is 0 Å². The fraction of sp³-hybridized carbons (Fsp3) is 0.611. The lowest BCUT2D eigenvalue weighted by Gasteiger charge is -2.16. The monoisotopic (exact) mass is 448 g/mol. The summed E-state index contributed by atoms with van der Waals surface area (Å²) in [6.07, 6.45) is 2.15. The van der Waals surface area contributed by atoms with Gasteiger partial charge < -0.3 is 20.3 Å². The number of halogens is 1. The first-order chi connectivity index (χ1) is 11.2. The van der Waals surface area contributed by atoms with Crippen LogP contribution < -0.4 is 10.6 Å². The molecule has 0 aliphatic rings. The molecule has 0 heterocycles. The molecule has 138 valence electrons. The Hall–Kier alpha value is -0.860. The van der Waals surface area contributed by atoms with Crippen molar-refractivity contribution < 1.29 is 4.74 Å². The summed E-state index contributed by atoms with van der Waals surface area (Å²) in [5.41, 5.74) is 2.65. The lowest BCUT2D eigenvalue weighted by atomic mass is 10.1. The molecular weight excluding hydrogens is 415 g/mol. The van der Waals surface area contributed by atoms with E-state index < -0.39 is 0 Å². The van der Waals surface area contributed by atoms with Crippen LogP contribution in [0.4, 0.5) is 0 Å². The van der Waals surface area contributed by atoms with Gasteiger partial charge in [-0.1, -0.05) is 24.3 Å². The predicted molar refractivity (Wildman–Crippen MR) is 113 cm³/mol. The van der Waals surface area contributed by atoms with Gasteiger partial charge in [0.1, 0.15) is 0 Å². The van der Waals surface area contributed by atoms with E-state index in [0.717, 1.165) is 51.6 Å². The molecule has 6 heteroatoms. The average molecular weight is 448 g/mol. The van der Waals surface area contributed by atoms with Crippen molar-refractivity contribution in [3.05, 3.63) is 35.4 Å². The summed E-state index contributed by atoms with van der Waals surface area (Å²) >= 11 is 0. The number of aliphatic imine (C=N–C) groups is 1. The van der Waals surface area contributed by atoms with Crippen LogP contribution in [0, 0.1) is 0 Å². The highest BCUT2D eigenvalue weighted by Gasteiger charge is 2.04. The number of guanidine groups is 1. The smallest absolute Gasteiger partial charge is 0.191 e. The highest BCUT2D eigenvalue weighted by atomic mass is 127. The van der Waals surface area contributed by atoms with Gasteiger partial charge in [-0.3, -0.25) is 4.99 Å². The summed E-state index contributed by atoms with van der Waals surface area (Å²) in [4.78, 5) is 6.47. The molecule has 0 fully saturated rings. The first kappa shape index (κ1) is 23.1. The van der Waals surface area contributed by atoms with E-state index in [4.69, 9.17) is 4.74 Å². The number of hydrogen-bond acceptors (Lipinski definition) is 3. The van der Waals surface area contributed by atoms with Gasteiger partial charge >= 0.3 is 0 Å². The average Bonchev–Trinajstić information content (AvgIpc) is 2.54. The Morgan fingerprint density at radius 1 is 1.12 bits per heavy atom. The minimum atomic E-state index is 0. The highest BCUT2D eigenvalue weighted by molar-refractivity contribution is 14.0. The van der Waals surface area contributed by atoms with E-state index in [9.17, 15) is 0 Å². The van der Waals surface area contributed by atoms with Crippen LogP contribution in [-0.4, -0.2) is 51.8 Å². The van der Waals surface area contributed by atoms with E-state index in [1.165, 1.54) is 11.1 Å². The van der Waals surface area contributed by atoms with Gasteiger partial charge in [-0.15, -0.1) is 24.0 Å². The lowest BCUT2D eigenvalue weighted by molar-refractivity contribution is 0.143. The van der Waals surface area contributed by atoms with Gasteiger partial charge in [0, 0.05) is 39.9 Å². The van der Waals surface area contributed by atoms with Crippen LogP contribution in [0.2, 0.25) is 0 Å². The molecule has 0 aromatic heterocycles. The van der Waals surface area contributed by atoms with Crippen LogP contribution >= 0.6 is 24.0 Å². The Kier molecular flexibility index (Phi) is 14.0. The zero-order chi connectivity index (χ0) is 16.9. The first-order valence-electron chi connectivity index (χ1n) is 8.41.